The number of rotatable bonds is 5. The number of nitrogens with one attached hydrogen (secondary N) is 2. The molecule has 0 fully saturated rings. The minimum Gasteiger partial charge on any atom is -0.484 e. The van der Waals surface area contributed by atoms with E-state index in [9.17, 15) is 22.8 Å². The first-order valence-electron chi connectivity index (χ1n) is 9.29. The summed E-state index contributed by atoms with van der Waals surface area (Å²) in [5.41, 5.74) is 0.339. The van der Waals surface area contributed by atoms with Gasteiger partial charge in [0.15, 0.2) is 6.61 Å². The maximum absolute atomic E-state index is 13.0. The Morgan fingerprint density at radius 3 is 2.75 bits per heavy atom. The quantitative estimate of drug-likeness (QED) is 0.491. The molecule has 0 radical (unpaired) electrons. The molecule has 0 aliphatic carbocycles. The molecule has 0 atom stereocenters. The van der Waals surface area contributed by atoms with E-state index in [2.05, 4.69) is 15.3 Å². The number of H-pyrrole nitrogens is 1. The van der Waals surface area contributed by atoms with Gasteiger partial charge in [-0.25, -0.2) is 14.8 Å². The van der Waals surface area contributed by atoms with Crippen LogP contribution < -0.4 is 20.6 Å². The van der Waals surface area contributed by atoms with Crippen LogP contribution in [0.3, 0.4) is 0 Å². The third-order valence-electron chi connectivity index (χ3n) is 4.54. The van der Waals surface area contributed by atoms with Crippen molar-refractivity contribution in [1.82, 2.24) is 9.55 Å². The second-order valence-corrected chi connectivity index (χ2v) is 7.70. The molecule has 11 heteroatoms. The van der Waals surface area contributed by atoms with Gasteiger partial charge in [0.05, 0.1) is 22.7 Å². The second kappa shape index (κ2) is 8.42. The molecule has 0 saturated carbocycles. The smallest absolute Gasteiger partial charge is 0.422 e. The highest BCUT2D eigenvalue weighted by atomic mass is 32.1. The molecular weight excluding hydrogens is 445 g/mol. The van der Waals surface area contributed by atoms with Crippen molar-refractivity contribution in [3.05, 3.63) is 70.0 Å². The SMILES string of the molecule is Cn1c(-c2cccc(OCC(F)(F)F)c2)nc2c(C(=O)Nc3[nH+]ccs3)cccc2c1=O. The van der Waals surface area contributed by atoms with Crippen LogP contribution in [0, 0.1) is 0 Å². The van der Waals surface area contributed by atoms with Gasteiger partial charge < -0.3 is 4.74 Å². The van der Waals surface area contributed by atoms with E-state index in [4.69, 9.17) is 4.74 Å². The first kappa shape index (κ1) is 21.5. The second-order valence-electron chi connectivity index (χ2n) is 6.78. The zero-order chi connectivity index (χ0) is 22.9. The number of aromatic nitrogens is 3. The van der Waals surface area contributed by atoms with Gasteiger partial charge in [0.1, 0.15) is 11.6 Å². The summed E-state index contributed by atoms with van der Waals surface area (Å²) in [5.74, 6) is -0.292. The average Bonchev–Trinajstić information content (AvgIpc) is 3.27. The molecular formula is C21H16F3N4O3S+. The van der Waals surface area contributed by atoms with Crippen LogP contribution in [0.25, 0.3) is 22.3 Å². The van der Waals surface area contributed by atoms with E-state index in [0.717, 1.165) is 0 Å². The number of amides is 1. The van der Waals surface area contributed by atoms with Crippen LogP contribution in [0.15, 0.2) is 58.8 Å². The van der Waals surface area contributed by atoms with Gasteiger partial charge in [0.2, 0.25) is 0 Å². The number of para-hydroxylation sites is 1. The van der Waals surface area contributed by atoms with Crippen molar-refractivity contribution >= 4 is 33.3 Å². The van der Waals surface area contributed by atoms with Crippen molar-refractivity contribution < 1.29 is 27.7 Å². The Labute approximate surface area is 183 Å². The van der Waals surface area contributed by atoms with E-state index in [1.54, 1.807) is 35.8 Å². The third kappa shape index (κ3) is 4.47. The number of ether oxygens (including phenoxy) is 1. The summed E-state index contributed by atoms with van der Waals surface area (Å²) in [5, 5.41) is 5.23. The molecule has 2 N–H and O–H groups in total. The van der Waals surface area contributed by atoms with Crippen molar-refractivity contribution in [2.75, 3.05) is 11.9 Å². The molecule has 0 unspecified atom stereocenters. The van der Waals surface area contributed by atoms with Crippen molar-refractivity contribution in [3.63, 3.8) is 0 Å². The standard InChI is InChI=1S/C21H15F3N4O3S/c1-28-17(12-4-2-5-13(10-12)31-11-21(22,23)24)26-16-14(6-3-7-15(16)19(28)30)18(29)27-20-25-8-9-32-20/h2-10H,11H2,1H3,(H,25,27,29)/p+1. The van der Waals surface area contributed by atoms with Gasteiger partial charge in [-0.2, -0.15) is 18.5 Å². The topological polar surface area (TPSA) is 87.4 Å². The van der Waals surface area contributed by atoms with Crippen LogP contribution in [-0.4, -0.2) is 28.2 Å². The highest BCUT2D eigenvalue weighted by Crippen LogP contribution is 2.26. The van der Waals surface area contributed by atoms with Crippen LogP contribution in [0.4, 0.5) is 18.3 Å². The van der Waals surface area contributed by atoms with Gasteiger partial charge in [-0.05, 0) is 24.3 Å². The van der Waals surface area contributed by atoms with E-state index in [-0.39, 0.29) is 28.0 Å². The molecule has 0 aliphatic rings. The van der Waals surface area contributed by atoms with Gasteiger partial charge in [0.25, 0.3) is 5.56 Å². The first-order chi connectivity index (χ1) is 15.2. The zero-order valence-corrected chi connectivity index (χ0v) is 17.4. The molecule has 2 aromatic heterocycles. The minimum atomic E-state index is -4.48. The lowest BCUT2D eigenvalue weighted by atomic mass is 10.1. The van der Waals surface area contributed by atoms with Crippen molar-refractivity contribution in [2.45, 2.75) is 6.18 Å². The zero-order valence-electron chi connectivity index (χ0n) is 16.6. The lowest BCUT2D eigenvalue weighted by Gasteiger charge is -2.13. The number of benzene rings is 2. The summed E-state index contributed by atoms with van der Waals surface area (Å²) in [7, 11) is 1.50. The molecule has 4 aromatic rings. The molecule has 1 amide bonds. The Balaban J connectivity index is 1.79. The molecule has 0 aliphatic heterocycles. The van der Waals surface area contributed by atoms with Gasteiger partial charge in [-0.15, -0.1) is 0 Å². The van der Waals surface area contributed by atoms with Crippen LogP contribution in [-0.2, 0) is 7.05 Å². The molecule has 0 saturated heterocycles. The van der Waals surface area contributed by atoms with Crippen LogP contribution in [0.2, 0.25) is 0 Å². The molecule has 2 aromatic carbocycles. The van der Waals surface area contributed by atoms with Crippen molar-refractivity contribution in [1.29, 1.82) is 0 Å². The number of hydrogen-bond donors (Lipinski definition) is 1. The number of anilines is 1. The highest BCUT2D eigenvalue weighted by molar-refractivity contribution is 7.13. The summed E-state index contributed by atoms with van der Waals surface area (Å²) in [6.07, 6.45) is -2.81. The predicted octanol–water partition coefficient (Wildman–Crippen LogP) is 3.67. The first-order valence-corrected chi connectivity index (χ1v) is 10.2. The Bertz CT molecular complexity index is 1350. The van der Waals surface area contributed by atoms with Gasteiger partial charge in [-0.3, -0.25) is 9.36 Å². The number of carbonyl (C=O) groups is 1. The third-order valence-corrected chi connectivity index (χ3v) is 5.27. The molecule has 0 spiro atoms. The lowest BCUT2D eigenvalue weighted by molar-refractivity contribution is -0.354. The summed E-state index contributed by atoms with van der Waals surface area (Å²) in [6, 6.07) is 10.5. The Morgan fingerprint density at radius 1 is 1.25 bits per heavy atom. The predicted molar refractivity (Wildman–Crippen MR) is 113 cm³/mol. The number of nitrogens with zero attached hydrogens (tertiary/aromatic N) is 2. The number of aromatic amines is 1. The number of fused-ring (bicyclic) bond motifs is 1. The lowest BCUT2D eigenvalue weighted by Crippen LogP contribution is -2.23. The fourth-order valence-corrected chi connectivity index (χ4v) is 3.67. The molecule has 4 rings (SSSR count). The Morgan fingerprint density at radius 2 is 2.03 bits per heavy atom. The van der Waals surface area contributed by atoms with Crippen molar-refractivity contribution in [3.8, 4) is 17.1 Å². The van der Waals surface area contributed by atoms with Crippen LogP contribution >= 0.6 is 11.3 Å². The Kier molecular flexibility index (Phi) is 5.66. The average molecular weight is 461 g/mol. The number of halogens is 3. The fraction of sp³-hybridized carbons (Fsp3) is 0.143. The highest BCUT2D eigenvalue weighted by Gasteiger charge is 2.28. The largest absolute Gasteiger partial charge is 0.484 e. The number of alkyl halides is 3. The normalized spacial score (nSPS) is 11.5. The Hall–Kier alpha value is -3.73. The van der Waals surface area contributed by atoms with Gasteiger partial charge >= 0.3 is 17.2 Å². The summed E-state index contributed by atoms with van der Waals surface area (Å²) >= 11 is 1.30. The van der Waals surface area contributed by atoms with Crippen molar-refractivity contribution in [2.24, 2.45) is 7.05 Å². The summed E-state index contributed by atoms with van der Waals surface area (Å²) in [4.78, 5) is 33.2. The molecule has 7 nitrogen and oxygen atoms in total. The van der Waals surface area contributed by atoms with E-state index < -0.39 is 24.2 Å². The minimum absolute atomic E-state index is 0.0200. The number of thiazole rings is 1. The monoisotopic (exact) mass is 461 g/mol. The van der Waals surface area contributed by atoms with Gasteiger partial charge in [0, 0.05) is 18.0 Å². The fourth-order valence-electron chi connectivity index (χ4n) is 3.11. The van der Waals surface area contributed by atoms with E-state index >= 15 is 0 Å². The summed E-state index contributed by atoms with van der Waals surface area (Å²) in [6.45, 7) is -1.44. The maximum Gasteiger partial charge on any atom is 0.422 e. The molecule has 2 heterocycles. The maximum atomic E-state index is 13.0. The summed E-state index contributed by atoms with van der Waals surface area (Å²) < 4.78 is 43.6. The number of carbonyl (C=O) groups excluding carboxylic acids is 1. The number of hydrogen-bond acceptors (Lipinski definition) is 5. The molecule has 0 bridgehead atoms. The van der Waals surface area contributed by atoms with Crippen LogP contribution in [0.1, 0.15) is 10.4 Å². The van der Waals surface area contributed by atoms with E-state index in [1.807, 2.05) is 0 Å². The van der Waals surface area contributed by atoms with Crippen LogP contribution in [0.5, 0.6) is 5.75 Å². The van der Waals surface area contributed by atoms with E-state index in [0.29, 0.717) is 10.7 Å². The molecule has 32 heavy (non-hydrogen) atoms. The van der Waals surface area contributed by atoms with Gasteiger partial charge in [-0.1, -0.05) is 29.5 Å². The van der Waals surface area contributed by atoms with E-state index in [1.165, 1.54) is 41.2 Å². The molecule has 164 valence electrons.